The van der Waals surface area contributed by atoms with Gasteiger partial charge in [-0.3, -0.25) is 0 Å². The molecule has 0 amide bonds. The lowest BCUT2D eigenvalue weighted by atomic mass is 9.72. The van der Waals surface area contributed by atoms with Gasteiger partial charge in [-0.2, -0.15) is 0 Å². The third-order valence-corrected chi connectivity index (χ3v) is 6.54. The van der Waals surface area contributed by atoms with Gasteiger partial charge in [0, 0.05) is 32.1 Å². The van der Waals surface area contributed by atoms with Crippen LogP contribution in [0.3, 0.4) is 0 Å². The van der Waals surface area contributed by atoms with Gasteiger partial charge < -0.3 is 9.84 Å². The van der Waals surface area contributed by atoms with Crippen LogP contribution in [-0.4, -0.2) is 28.2 Å². The lowest BCUT2D eigenvalue weighted by molar-refractivity contribution is -0.702. The lowest BCUT2D eigenvalue weighted by Crippen LogP contribution is -2.48. The van der Waals surface area contributed by atoms with Crippen LogP contribution in [0.4, 0.5) is 8.78 Å². The number of hydrogen-bond donors (Lipinski definition) is 1. The van der Waals surface area contributed by atoms with Crippen LogP contribution in [0, 0.1) is 12.8 Å². The van der Waals surface area contributed by atoms with E-state index in [1.54, 1.807) is 30.3 Å². The zero-order chi connectivity index (χ0) is 23.2. The minimum atomic E-state index is -2.88. The van der Waals surface area contributed by atoms with E-state index in [0.29, 0.717) is 24.9 Å². The van der Waals surface area contributed by atoms with Crippen LogP contribution in [0.5, 0.6) is 0 Å². The van der Waals surface area contributed by atoms with Gasteiger partial charge in [-0.25, -0.2) is 22.7 Å². The summed E-state index contributed by atoms with van der Waals surface area (Å²) >= 11 is 0. The highest BCUT2D eigenvalue weighted by Crippen LogP contribution is 2.45. The SMILES string of the molecule is CCCCn1cc[n+](CCCOC(=O)[C@](O)(c2ccccc2)[C@H]2CCCC(F)(F)C2)c1C. The van der Waals surface area contributed by atoms with E-state index in [9.17, 15) is 18.7 Å². The Bertz CT molecular complexity index is 885. The Kier molecular flexibility index (Phi) is 8.04. The van der Waals surface area contributed by atoms with E-state index in [2.05, 4.69) is 29.2 Å². The summed E-state index contributed by atoms with van der Waals surface area (Å²) < 4.78 is 38.0. The van der Waals surface area contributed by atoms with Crippen molar-refractivity contribution in [2.75, 3.05) is 6.61 Å². The number of esters is 1. The van der Waals surface area contributed by atoms with Gasteiger partial charge in [-0.05, 0) is 24.8 Å². The van der Waals surface area contributed by atoms with Gasteiger partial charge in [0.25, 0.3) is 5.82 Å². The molecule has 1 saturated carbocycles. The van der Waals surface area contributed by atoms with Crippen LogP contribution in [0.25, 0.3) is 0 Å². The number of aryl methyl sites for hydroxylation is 2. The highest BCUT2D eigenvalue weighted by atomic mass is 19.3. The average Bonchev–Trinajstić information content (AvgIpc) is 3.13. The number of rotatable bonds is 10. The Hall–Kier alpha value is -2.28. The number of unbranched alkanes of at least 4 members (excludes halogenated alkanes) is 1. The van der Waals surface area contributed by atoms with Crippen LogP contribution in [0.2, 0.25) is 0 Å². The first kappa shape index (κ1) is 24.4. The first-order valence-electron chi connectivity index (χ1n) is 11.7. The smallest absolute Gasteiger partial charge is 0.343 e. The predicted molar refractivity (Wildman–Crippen MR) is 117 cm³/mol. The third kappa shape index (κ3) is 5.55. The van der Waals surface area contributed by atoms with Crippen molar-refractivity contribution in [1.82, 2.24) is 4.57 Å². The second-order valence-electron chi connectivity index (χ2n) is 8.86. The van der Waals surface area contributed by atoms with E-state index in [-0.39, 0.29) is 19.4 Å². The summed E-state index contributed by atoms with van der Waals surface area (Å²) in [5, 5.41) is 11.4. The molecular weight excluding hydrogens is 414 g/mol. The Morgan fingerprint density at radius 1 is 1.31 bits per heavy atom. The van der Waals surface area contributed by atoms with Crippen LogP contribution >= 0.6 is 0 Å². The Labute approximate surface area is 189 Å². The van der Waals surface area contributed by atoms with Crippen molar-refractivity contribution in [2.24, 2.45) is 5.92 Å². The molecule has 176 valence electrons. The van der Waals surface area contributed by atoms with E-state index in [4.69, 9.17) is 4.74 Å². The normalized spacial score (nSPS) is 20.0. The standard InChI is InChI=1S/C25H35F2N2O3/c1-3-4-14-28-16-17-29(20(28)2)15-9-18-32-23(30)25(31,21-10-6-5-7-11-21)22-12-8-13-24(26,27)19-22/h5-7,10-11,16-17,22,31H,3-4,8-9,12-15,18-19H2,1-2H3/q+1/t22-,25-/m0/s1. The Balaban J connectivity index is 1.64. The molecule has 0 spiro atoms. The topological polar surface area (TPSA) is 55.3 Å². The van der Waals surface area contributed by atoms with Crippen molar-refractivity contribution in [2.45, 2.75) is 83.4 Å². The summed E-state index contributed by atoms with van der Waals surface area (Å²) in [6.07, 6.45) is 6.77. The van der Waals surface area contributed by atoms with Gasteiger partial charge in [-0.1, -0.05) is 43.7 Å². The maximum absolute atomic E-state index is 14.1. The molecule has 7 heteroatoms. The number of hydrogen-bond acceptors (Lipinski definition) is 3. The van der Waals surface area contributed by atoms with Gasteiger partial charge >= 0.3 is 5.97 Å². The molecule has 2 atom stereocenters. The summed E-state index contributed by atoms with van der Waals surface area (Å²) in [6.45, 7) is 5.97. The molecule has 32 heavy (non-hydrogen) atoms. The van der Waals surface area contributed by atoms with E-state index in [1.165, 1.54) is 0 Å². The highest BCUT2D eigenvalue weighted by Gasteiger charge is 2.52. The predicted octanol–water partition coefficient (Wildman–Crippen LogP) is 4.53. The van der Waals surface area contributed by atoms with Crippen molar-refractivity contribution in [3.63, 3.8) is 0 Å². The monoisotopic (exact) mass is 449 g/mol. The number of carbonyl (C=O) groups excluding carboxylic acids is 1. The van der Waals surface area contributed by atoms with E-state index < -0.39 is 29.8 Å². The zero-order valence-corrected chi connectivity index (χ0v) is 19.1. The molecule has 0 bridgehead atoms. The fraction of sp³-hybridized carbons (Fsp3) is 0.600. The molecule has 0 unspecified atom stereocenters. The second-order valence-corrected chi connectivity index (χ2v) is 8.86. The molecule has 2 aromatic rings. The zero-order valence-electron chi connectivity index (χ0n) is 19.1. The Morgan fingerprint density at radius 3 is 2.75 bits per heavy atom. The average molecular weight is 450 g/mol. The molecule has 1 aliphatic carbocycles. The number of halogens is 2. The molecule has 1 heterocycles. The van der Waals surface area contributed by atoms with Crippen molar-refractivity contribution in [1.29, 1.82) is 0 Å². The minimum Gasteiger partial charge on any atom is -0.463 e. The largest absolute Gasteiger partial charge is 0.463 e. The van der Waals surface area contributed by atoms with Crippen LogP contribution in [0.1, 0.15) is 63.3 Å². The second kappa shape index (κ2) is 10.6. The van der Waals surface area contributed by atoms with Gasteiger partial charge in [-0.15, -0.1) is 0 Å². The fourth-order valence-electron chi connectivity index (χ4n) is 4.59. The molecule has 1 aromatic heterocycles. The maximum Gasteiger partial charge on any atom is 0.343 e. The molecular formula is C25H35F2N2O3+. The first-order valence-corrected chi connectivity index (χ1v) is 11.7. The minimum absolute atomic E-state index is 0.115. The van der Waals surface area contributed by atoms with E-state index in [0.717, 1.165) is 25.2 Å². The number of aromatic nitrogens is 2. The molecule has 3 rings (SSSR count). The van der Waals surface area contributed by atoms with E-state index >= 15 is 0 Å². The molecule has 1 fully saturated rings. The quantitative estimate of drug-likeness (QED) is 0.329. The van der Waals surface area contributed by atoms with Crippen LogP contribution in [0.15, 0.2) is 42.7 Å². The highest BCUT2D eigenvalue weighted by molar-refractivity contribution is 5.81. The van der Waals surface area contributed by atoms with Gasteiger partial charge in [0.1, 0.15) is 12.4 Å². The summed E-state index contributed by atoms with van der Waals surface area (Å²) in [7, 11) is 0. The van der Waals surface area contributed by atoms with Gasteiger partial charge in [0.2, 0.25) is 5.92 Å². The molecule has 5 nitrogen and oxygen atoms in total. The number of nitrogens with zero attached hydrogens (tertiary/aromatic N) is 2. The first-order chi connectivity index (χ1) is 15.3. The number of alkyl halides is 2. The Morgan fingerprint density at radius 2 is 2.06 bits per heavy atom. The van der Waals surface area contributed by atoms with Crippen molar-refractivity contribution >= 4 is 5.97 Å². The number of aliphatic hydroxyl groups is 1. The van der Waals surface area contributed by atoms with Crippen LogP contribution < -0.4 is 4.57 Å². The number of imidazole rings is 1. The van der Waals surface area contributed by atoms with Gasteiger partial charge in [0.15, 0.2) is 5.60 Å². The number of carbonyl (C=O) groups is 1. The maximum atomic E-state index is 14.1. The number of ether oxygens (including phenoxy) is 1. The molecule has 1 aromatic carbocycles. The molecule has 0 aliphatic heterocycles. The molecule has 1 N–H and O–H groups in total. The number of benzene rings is 1. The van der Waals surface area contributed by atoms with Crippen molar-refractivity contribution in [3.05, 3.63) is 54.1 Å². The van der Waals surface area contributed by atoms with E-state index in [1.807, 2.05) is 6.20 Å². The van der Waals surface area contributed by atoms with Crippen molar-refractivity contribution in [3.8, 4) is 0 Å². The molecule has 0 saturated heterocycles. The van der Waals surface area contributed by atoms with Crippen LogP contribution in [-0.2, 0) is 28.2 Å². The van der Waals surface area contributed by atoms with Crippen molar-refractivity contribution < 1.29 is 28.0 Å². The summed E-state index contributed by atoms with van der Waals surface area (Å²) in [4.78, 5) is 13.0. The van der Waals surface area contributed by atoms with Gasteiger partial charge in [0.05, 0.1) is 19.7 Å². The fourth-order valence-corrected chi connectivity index (χ4v) is 4.59. The summed E-state index contributed by atoms with van der Waals surface area (Å²) in [5.74, 6) is -3.47. The molecule has 1 aliphatic rings. The third-order valence-electron chi connectivity index (χ3n) is 6.54. The molecule has 0 radical (unpaired) electrons. The summed E-state index contributed by atoms with van der Waals surface area (Å²) in [5.41, 5.74) is -1.76. The lowest BCUT2D eigenvalue weighted by Gasteiger charge is -2.39. The summed E-state index contributed by atoms with van der Waals surface area (Å²) in [6, 6.07) is 8.35.